The van der Waals surface area contributed by atoms with Crippen LogP contribution in [0.3, 0.4) is 0 Å². The molecule has 3 N–H and O–H groups in total. The predicted molar refractivity (Wildman–Crippen MR) is 122 cm³/mol. The molecular weight excluding hydrogens is 398 g/mol. The topological polar surface area (TPSA) is 99.2 Å². The lowest BCUT2D eigenvalue weighted by atomic mass is 10.1. The molecule has 160 valence electrons. The summed E-state index contributed by atoms with van der Waals surface area (Å²) in [5.74, 6) is 1.73. The van der Waals surface area contributed by atoms with Crippen molar-refractivity contribution < 1.29 is 8.42 Å². The van der Waals surface area contributed by atoms with Crippen LogP contribution < -0.4 is 10.6 Å². The molecule has 3 rings (SSSR count). The minimum absolute atomic E-state index is 0.367. The van der Waals surface area contributed by atoms with Gasteiger partial charge in [0.1, 0.15) is 5.82 Å². The van der Waals surface area contributed by atoms with E-state index in [1.807, 2.05) is 50.2 Å². The summed E-state index contributed by atoms with van der Waals surface area (Å²) >= 11 is 0. The van der Waals surface area contributed by atoms with Gasteiger partial charge in [-0.25, -0.2) is 18.4 Å². The molecule has 2 aromatic carbocycles. The smallest absolute Gasteiger partial charge is 0.191 e. The summed E-state index contributed by atoms with van der Waals surface area (Å²) in [4.78, 5) is 12.9. The van der Waals surface area contributed by atoms with Crippen molar-refractivity contribution in [3.63, 3.8) is 0 Å². The Hall–Kier alpha value is -2.87. The fraction of sp³-hybridized carbons (Fsp3) is 0.364. The van der Waals surface area contributed by atoms with E-state index in [0.717, 1.165) is 59.9 Å². The van der Waals surface area contributed by atoms with Crippen molar-refractivity contribution in [2.24, 2.45) is 4.99 Å². The molecule has 0 amide bonds. The van der Waals surface area contributed by atoms with Gasteiger partial charge in [0, 0.05) is 25.8 Å². The summed E-state index contributed by atoms with van der Waals surface area (Å²) in [7, 11) is -3.20. The Morgan fingerprint density at radius 3 is 2.67 bits per heavy atom. The number of fused-ring (bicyclic) bond motifs is 1. The van der Waals surface area contributed by atoms with Gasteiger partial charge in [0.15, 0.2) is 15.8 Å². The summed E-state index contributed by atoms with van der Waals surface area (Å²) in [6.07, 6.45) is 3.01. The molecule has 0 aliphatic carbocycles. The highest BCUT2D eigenvalue weighted by atomic mass is 32.2. The zero-order valence-corrected chi connectivity index (χ0v) is 18.5. The number of H-pyrrole nitrogens is 1. The van der Waals surface area contributed by atoms with Crippen molar-refractivity contribution in [3.8, 4) is 0 Å². The van der Waals surface area contributed by atoms with E-state index < -0.39 is 9.84 Å². The zero-order chi connectivity index (χ0) is 21.6. The van der Waals surface area contributed by atoms with Gasteiger partial charge < -0.3 is 15.6 Å². The first kappa shape index (κ1) is 21.8. The van der Waals surface area contributed by atoms with E-state index in [1.165, 1.54) is 6.26 Å². The molecule has 0 spiro atoms. The average Bonchev–Trinajstić information content (AvgIpc) is 3.11. The molecular formula is C22H29N5O2S. The summed E-state index contributed by atoms with van der Waals surface area (Å²) in [5, 5.41) is 6.59. The Labute approximate surface area is 178 Å². The number of aryl methyl sites for hydroxylation is 2. The van der Waals surface area contributed by atoms with Crippen molar-refractivity contribution in [3.05, 3.63) is 59.4 Å². The number of sulfone groups is 1. The van der Waals surface area contributed by atoms with Crippen LogP contribution in [0, 0.1) is 6.92 Å². The highest BCUT2D eigenvalue weighted by Crippen LogP contribution is 2.17. The molecule has 1 aromatic heterocycles. The molecule has 0 saturated carbocycles. The van der Waals surface area contributed by atoms with Gasteiger partial charge in [-0.3, -0.25) is 0 Å². The van der Waals surface area contributed by atoms with Crippen LogP contribution in [0.15, 0.2) is 52.4 Å². The first-order valence-corrected chi connectivity index (χ1v) is 12.0. The number of hydrogen-bond acceptors (Lipinski definition) is 4. The molecule has 0 atom stereocenters. The van der Waals surface area contributed by atoms with Crippen LogP contribution >= 0.6 is 0 Å². The highest BCUT2D eigenvalue weighted by Gasteiger charge is 2.10. The molecule has 8 heteroatoms. The fourth-order valence-electron chi connectivity index (χ4n) is 3.32. The van der Waals surface area contributed by atoms with Crippen molar-refractivity contribution in [2.45, 2.75) is 38.1 Å². The van der Waals surface area contributed by atoms with E-state index in [2.05, 4.69) is 25.6 Å². The Morgan fingerprint density at radius 1 is 1.17 bits per heavy atom. The van der Waals surface area contributed by atoms with Crippen LogP contribution in [0.25, 0.3) is 11.0 Å². The normalized spacial score (nSPS) is 12.3. The summed E-state index contributed by atoms with van der Waals surface area (Å²) in [6, 6.07) is 13.4. The average molecular weight is 428 g/mol. The minimum atomic E-state index is -3.20. The second-order valence-corrected chi connectivity index (χ2v) is 9.28. The van der Waals surface area contributed by atoms with Crippen molar-refractivity contribution in [1.82, 2.24) is 20.6 Å². The zero-order valence-electron chi connectivity index (χ0n) is 17.7. The number of rotatable bonds is 8. The number of nitrogens with zero attached hydrogens (tertiary/aromatic N) is 2. The molecule has 0 aliphatic heterocycles. The summed E-state index contributed by atoms with van der Waals surface area (Å²) in [6.45, 7) is 5.85. The molecule has 1 heterocycles. The molecule has 0 bridgehead atoms. The number of guanidine groups is 1. The van der Waals surface area contributed by atoms with E-state index in [9.17, 15) is 8.42 Å². The third-order valence-electron chi connectivity index (χ3n) is 4.72. The lowest BCUT2D eigenvalue weighted by molar-refractivity contribution is 0.601. The van der Waals surface area contributed by atoms with E-state index in [4.69, 9.17) is 0 Å². The number of hydrogen-bond donors (Lipinski definition) is 3. The monoisotopic (exact) mass is 427 g/mol. The van der Waals surface area contributed by atoms with Crippen LogP contribution in [0.1, 0.15) is 30.3 Å². The van der Waals surface area contributed by atoms with Gasteiger partial charge >= 0.3 is 0 Å². The molecule has 3 aromatic rings. The summed E-state index contributed by atoms with van der Waals surface area (Å²) in [5.41, 5.74) is 3.77. The Morgan fingerprint density at radius 2 is 1.97 bits per heavy atom. The molecule has 7 nitrogen and oxygen atoms in total. The van der Waals surface area contributed by atoms with Crippen LogP contribution in [-0.4, -0.2) is 43.7 Å². The van der Waals surface area contributed by atoms with E-state index in [1.54, 1.807) is 6.07 Å². The predicted octanol–water partition coefficient (Wildman–Crippen LogP) is 2.96. The molecule has 30 heavy (non-hydrogen) atoms. The van der Waals surface area contributed by atoms with E-state index in [-0.39, 0.29) is 0 Å². The van der Waals surface area contributed by atoms with E-state index in [0.29, 0.717) is 11.4 Å². The highest BCUT2D eigenvalue weighted by molar-refractivity contribution is 7.90. The lowest BCUT2D eigenvalue weighted by Crippen LogP contribution is -2.37. The molecule has 0 unspecified atom stereocenters. The molecule has 0 saturated heterocycles. The van der Waals surface area contributed by atoms with Crippen LogP contribution in [0.4, 0.5) is 0 Å². The number of aromatic nitrogens is 2. The first-order valence-electron chi connectivity index (χ1n) is 10.1. The van der Waals surface area contributed by atoms with Crippen molar-refractivity contribution >= 4 is 26.8 Å². The number of para-hydroxylation sites is 2. The number of imidazole rings is 1. The number of nitrogens with one attached hydrogen (secondary N) is 3. The Balaban J connectivity index is 1.54. The van der Waals surface area contributed by atoms with Gasteiger partial charge in [-0.1, -0.05) is 24.3 Å². The number of benzene rings is 2. The van der Waals surface area contributed by atoms with Crippen LogP contribution in [0.2, 0.25) is 0 Å². The second-order valence-electron chi connectivity index (χ2n) is 7.30. The maximum Gasteiger partial charge on any atom is 0.191 e. The van der Waals surface area contributed by atoms with Crippen molar-refractivity contribution in [2.75, 3.05) is 19.3 Å². The van der Waals surface area contributed by atoms with Crippen LogP contribution in [0.5, 0.6) is 0 Å². The maximum absolute atomic E-state index is 11.8. The van der Waals surface area contributed by atoms with Gasteiger partial charge in [0.25, 0.3) is 0 Å². The molecule has 0 aliphatic rings. The van der Waals surface area contributed by atoms with Gasteiger partial charge in [-0.05, 0) is 49.6 Å². The molecule has 0 radical (unpaired) electrons. The van der Waals surface area contributed by atoms with Crippen LogP contribution in [-0.2, 0) is 22.8 Å². The van der Waals surface area contributed by atoms with Gasteiger partial charge in [-0.15, -0.1) is 0 Å². The maximum atomic E-state index is 11.8. The fourth-order valence-corrected chi connectivity index (χ4v) is 4.28. The number of aromatic amines is 1. The Bertz CT molecular complexity index is 1100. The van der Waals surface area contributed by atoms with Crippen molar-refractivity contribution in [1.29, 1.82) is 0 Å². The van der Waals surface area contributed by atoms with Gasteiger partial charge in [0.2, 0.25) is 0 Å². The SMILES string of the molecule is CCNC(=NCc1ccc(S(C)(=O)=O)c(C)c1)NCCCc1nc2ccccc2[nH]1. The lowest BCUT2D eigenvalue weighted by Gasteiger charge is -2.11. The first-order chi connectivity index (χ1) is 14.4. The Kier molecular flexibility index (Phi) is 7.10. The summed E-state index contributed by atoms with van der Waals surface area (Å²) < 4.78 is 23.5. The third kappa shape index (κ3) is 5.82. The standard InChI is InChI=1S/C22H29N5O2S/c1-4-23-22(25-15-17-11-12-20(16(2)14-17)30(3,28)29)24-13-7-10-21-26-18-8-5-6-9-19(18)27-21/h5-6,8-9,11-12,14H,4,7,10,13,15H2,1-3H3,(H,26,27)(H2,23,24,25). The molecule has 0 fully saturated rings. The minimum Gasteiger partial charge on any atom is -0.357 e. The number of aliphatic imine (C=N–C) groups is 1. The van der Waals surface area contributed by atoms with Gasteiger partial charge in [0.05, 0.1) is 22.5 Å². The van der Waals surface area contributed by atoms with Gasteiger partial charge in [-0.2, -0.15) is 0 Å². The second kappa shape index (κ2) is 9.75. The largest absolute Gasteiger partial charge is 0.357 e. The quantitative estimate of drug-likeness (QED) is 0.292. The third-order valence-corrected chi connectivity index (χ3v) is 5.98. The van der Waals surface area contributed by atoms with E-state index >= 15 is 0 Å².